The molecule has 0 aliphatic heterocycles. The number of hydrogen-bond acceptors (Lipinski definition) is 4. The van der Waals surface area contributed by atoms with Crippen LogP contribution in [-0.4, -0.2) is 19.3 Å². The summed E-state index contributed by atoms with van der Waals surface area (Å²) in [5.41, 5.74) is 0.505. The molecular formula is C19H17F3O2S2. The topological polar surface area (TPSA) is 26.3 Å². The smallest absolute Gasteiger partial charge is 0.424 e. The Labute approximate surface area is 158 Å². The molecule has 0 aliphatic carbocycles. The van der Waals surface area contributed by atoms with Crippen molar-refractivity contribution in [2.45, 2.75) is 17.7 Å². The first-order valence-corrected chi connectivity index (χ1v) is 9.62. The van der Waals surface area contributed by atoms with Gasteiger partial charge in [-0.2, -0.15) is 13.2 Å². The number of thioether (sulfide) groups is 2. The molecule has 0 fully saturated rings. The summed E-state index contributed by atoms with van der Waals surface area (Å²) < 4.78 is 44.7. The SMILES string of the molecule is COC(=O)C(=C(SCc1ccccc1)SCc1ccccc1)C(F)(F)F. The third-order valence-corrected chi connectivity index (χ3v) is 5.90. The molecule has 0 aromatic heterocycles. The van der Waals surface area contributed by atoms with Crippen LogP contribution in [0.2, 0.25) is 0 Å². The predicted molar refractivity (Wildman–Crippen MR) is 101 cm³/mol. The number of ether oxygens (including phenoxy) is 1. The van der Waals surface area contributed by atoms with Gasteiger partial charge in [0.2, 0.25) is 0 Å². The van der Waals surface area contributed by atoms with Crippen molar-refractivity contribution >= 4 is 29.5 Å². The van der Waals surface area contributed by atoms with Gasteiger partial charge in [-0.15, -0.1) is 23.5 Å². The molecule has 26 heavy (non-hydrogen) atoms. The van der Waals surface area contributed by atoms with Gasteiger partial charge in [0.25, 0.3) is 0 Å². The first kappa shape index (κ1) is 20.5. The lowest BCUT2D eigenvalue weighted by molar-refractivity contribution is -0.148. The van der Waals surface area contributed by atoms with Crippen LogP contribution in [-0.2, 0) is 21.0 Å². The summed E-state index contributed by atoms with van der Waals surface area (Å²) in [6.45, 7) is 0. The summed E-state index contributed by atoms with van der Waals surface area (Å²) in [6.07, 6.45) is -4.78. The van der Waals surface area contributed by atoms with Gasteiger partial charge in [-0.1, -0.05) is 60.7 Å². The Hall–Kier alpha value is -1.86. The number of carbonyl (C=O) groups excluding carboxylic acids is 1. The lowest BCUT2D eigenvalue weighted by Gasteiger charge is -2.16. The van der Waals surface area contributed by atoms with E-state index in [0.29, 0.717) is 11.5 Å². The highest BCUT2D eigenvalue weighted by Gasteiger charge is 2.42. The number of halogens is 3. The van der Waals surface area contributed by atoms with Crippen LogP contribution in [0.5, 0.6) is 0 Å². The lowest BCUT2D eigenvalue weighted by atomic mass is 10.2. The first-order valence-electron chi connectivity index (χ1n) is 7.65. The summed E-state index contributed by atoms with van der Waals surface area (Å²) in [7, 11) is 0.954. The summed E-state index contributed by atoms with van der Waals surface area (Å²) in [6, 6.07) is 18.3. The van der Waals surface area contributed by atoms with E-state index >= 15 is 0 Å². The highest BCUT2D eigenvalue weighted by atomic mass is 32.2. The minimum absolute atomic E-state index is 0.0861. The fourth-order valence-corrected chi connectivity index (χ4v) is 4.40. The van der Waals surface area contributed by atoms with Crippen molar-refractivity contribution in [3.63, 3.8) is 0 Å². The van der Waals surface area contributed by atoms with E-state index in [-0.39, 0.29) is 4.24 Å². The van der Waals surface area contributed by atoms with Crippen LogP contribution in [0.1, 0.15) is 11.1 Å². The van der Waals surface area contributed by atoms with Crippen molar-refractivity contribution in [3.05, 3.63) is 81.6 Å². The minimum atomic E-state index is -4.78. The quantitative estimate of drug-likeness (QED) is 0.435. The highest BCUT2D eigenvalue weighted by molar-refractivity contribution is 8.21. The molecule has 0 spiro atoms. The molecule has 0 saturated heterocycles. The Balaban J connectivity index is 2.28. The second-order valence-electron chi connectivity index (χ2n) is 5.20. The van der Waals surface area contributed by atoms with E-state index in [1.807, 2.05) is 60.7 Å². The molecule has 2 rings (SSSR count). The molecule has 0 atom stereocenters. The molecule has 138 valence electrons. The molecule has 2 nitrogen and oxygen atoms in total. The minimum Gasteiger partial charge on any atom is -0.465 e. The van der Waals surface area contributed by atoms with Crippen molar-refractivity contribution in [2.75, 3.05) is 7.11 Å². The lowest BCUT2D eigenvalue weighted by Crippen LogP contribution is -2.22. The van der Waals surface area contributed by atoms with Gasteiger partial charge in [0.05, 0.1) is 11.3 Å². The van der Waals surface area contributed by atoms with Crippen molar-refractivity contribution in [3.8, 4) is 0 Å². The summed E-state index contributed by atoms with van der Waals surface area (Å²) >= 11 is 1.99. The maximum Gasteiger partial charge on any atom is 0.424 e. The average Bonchev–Trinajstić information content (AvgIpc) is 2.64. The van der Waals surface area contributed by atoms with E-state index in [2.05, 4.69) is 4.74 Å². The normalized spacial score (nSPS) is 11.1. The Bertz CT molecular complexity index is 699. The van der Waals surface area contributed by atoms with Gasteiger partial charge in [0.1, 0.15) is 0 Å². The molecule has 2 aromatic rings. The molecule has 7 heteroatoms. The number of methoxy groups -OCH3 is 1. The van der Waals surface area contributed by atoms with Crippen molar-refractivity contribution in [1.82, 2.24) is 0 Å². The number of hydrogen-bond donors (Lipinski definition) is 0. The molecule has 0 radical (unpaired) electrons. The largest absolute Gasteiger partial charge is 0.465 e. The Morgan fingerprint density at radius 1 is 0.885 bits per heavy atom. The number of carbonyl (C=O) groups is 1. The van der Waals surface area contributed by atoms with E-state index in [1.165, 1.54) is 0 Å². The average molecular weight is 398 g/mol. The van der Waals surface area contributed by atoms with Crippen LogP contribution in [0.15, 0.2) is 70.5 Å². The van der Waals surface area contributed by atoms with Crippen molar-refractivity contribution in [2.24, 2.45) is 0 Å². The third kappa shape index (κ3) is 6.14. The fourth-order valence-electron chi connectivity index (χ4n) is 2.05. The van der Waals surface area contributed by atoms with Crippen LogP contribution in [0.3, 0.4) is 0 Å². The van der Waals surface area contributed by atoms with Gasteiger partial charge in [-0.3, -0.25) is 0 Å². The monoisotopic (exact) mass is 398 g/mol. The second kappa shape index (κ2) is 9.73. The van der Waals surface area contributed by atoms with Gasteiger partial charge in [0, 0.05) is 11.5 Å². The predicted octanol–water partition coefficient (Wildman–Crippen LogP) is 5.80. The van der Waals surface area contributed by atoms with Gasteiger partial charge >= 0.3 is 12.1 Å². The van der Waals surface area contributed by atoms with Gasteiger partial charge in [-0.25, -0.2) is 4.79 Å². The first-order chi connectivity index (χ1) is 12.4. The number of alkyl halides is 3. The van der Waals surface area contributed by atoms with Crippen molar-refractivity contribution < 1.29 is 22.7 Å². The van der Waals surface area contributed by atoms with Crippen LogP contribution in [0.25, 0.3) is 0 Å². The van der Waals surface area contributed by atoms with Gasteiger partial charge in [-0.05, 0) is 11.1 Å². The zero-order valence-corrected chi connectivity index (χ0v) is 15.6. The molecule has 2 aromatic carbocycles. The molecule has 0 bridgehead atoms. The second-order valence-corrected chi connectivity index (χ2v) is 7.43. The Morgan fingerprint density at radius 3 is 1.65 bits per heavy atom. The molecule has 0 aliphatic rings. The fraction of sp³-hybridized carbons (Fsp3) is 0.211. The summed E-state index contributed by atoms with van der Waals surface area (Å²) in [4.78, 5) is 11.8. The van der Waals surface area contributed by atoms with E-state index < -0.39 is 17.7 Å². The standard InChI is InChI=1S/C19H17F3O2S2/c1-24-17(23)16(19(20,21)22)18(25-12-14-8-4-2-5-9-14)26-13-15-10-6-3-7-11-15/h2-11H,12-13H2,1H3. The third-order valence-electron chi connectivity index (χ3n) is 3.30. The highest BCUT2D eigenvalue weighted by Crippen LogP contribution is 2.42. The summed E-state index contributed by atoms with van der Waals surface area (Å²) in [5.74, 6) is -0.711. The number of esters is 1. The zero-order chi connectivity index (χ0) is 19.0. The van der Waals surface area contributed by atoms with E-state index in [1.54, 1.807) is 0 Å². The van der Waals surface area contributed by atoms with E-state index in [9.17, 15) is 18.0 Å². The maximum absolute atomic E-state index is 13.5. The maximum atomic E-state index is 13.5. The number of benzene rings is 2. The molecule has 0 N–H and O–H groups in total. The van der Waals surface area contributed by atoms with Crippen LogP contribution >= 0.6 is 23.5 Å². The van der Waals surface area contributed by atoms with E-state index in [4.69, 9.17) is 0 Å². The zero-order valence-electron chi connectivity index (χ0n) is 14.0. The van der Waals surface area contributed by atoms with Crippen LogP contribution in [0, 0.1) is 0 Å². The van der Waals surface area contributed by atoms with Crippen molar-refractivity contribution in [1.29, 1.82) is 0 Å². The molecular weight excluding hydrogens is 381 g/mol. The molecule has 0 saturated carbocycles. The summed E-state index contributed by atoms with van der Waals surface area (Å²) in [5, 5.41) is 0. The van der Waals surface area contributed by atoms with E-state index in [0.717, 1.165) is 41.8 Å². The van der Waals surface area contributed by atoms with Gasteiger partial charge in [0.15, 0.2) is 5.57 Å². The Kier molecular flexibility index (Phi) is 7.66. The van der Waals surface area contributed by atoms with Crippen LogP contribution in [0.4, 0.5) is 13.2 Å². The molecule has 0 amide bonds. The number of rotatable bonds is 7. The van der Waals surface area contributed by atoms with Crippen LogP contribution < -0.4 is 0 Å². The molecule has 0 unspecified atom stereocenters. The van der Waals surface area contributed by atoms with Gasteiger partial charge < -0.3 is 4.74 Å². The Morgan fingerprint density at radius 2 is 1.31 bits per heavy atom. The molecule has 0 heterocycles.